The third kappa shape index (κ3) is 4.54. The zero-order valence-corrected chi connectivity index (χ0v) is 9.69. The summed E-state index contributed by atoms with van der Waals surface area (Å²) < 4.78 is 0. The van der Waals surface area contributed by atoms with E-state index >= 15 is 0 Å². The Hall–Kier alpha value is 0.544. The van der Waals surface area contributed by atoms with E-state index in [0.29, 0.717) is 0 Å². The number of hydrogen-bond donors (Lipinski definition) is 0. The third-order valence-corrected chi connectivity index (χ3v) is 2.59. The number of hydrogen-bond acceptors (Lipinski definition) is 1. The fraction of sp³-hybridized carbons (Fsp3) is 0.900. The molecule has 0 saturated heterocycles. The van der Waals surface area contributed by atoms with Gasteiger partial charge in [0, 0.05) is 25.1 Å². The average Bonchev–Trinajstić information content (AvgIpc) is 1.93. The van der Waals surface area contributed by atoms with E-state index in [1.165, 1.54) is 32.2 Å². The molecule has 0 amide bonds. The SMILES string of the molecule is [CH2-]C1CCC(CN(C)C)CC1.[V]. The molecule has 0 unspecified atom stereocenters. The van der Waals surface area contributed by atoms with Gasteiger partial charge >= 0.3 is 0 Å². The van der Waals surface area contributed by atoms with Gasteiger partial charge in [-0.25, -0.2) is 0 Å². The van der Waals surface area contributed by atoms with Gasteiger partial charge < -0.3 is 11.8 Å². The molecule has 1 aliphatic rings. The maximum Gasteiger partial charge on any atom is 0.000353 e. The van der Waals surface area contributed by atoms with Gasteiger partial charge in [0.25, 0.3) is 0 Å². The summed E-state index contributed by atoms with van der Waals surface area (Å²) in [6.45, 7) is 5.37. The summed E-state index contributed by atoms with van der Waals surface area (Å²) >= 11 is 0. The van der Waals surface area contributed by atoms with Crippen molar-refractivity contribution in [2.75, 3.05) is 20.6 Å². The summed E-state index contributed by atoms with van der Waals surface area (Å²) in [6, 6.07) is 0. The predicted molar refractivity (Wildman–Crippen MR) is 49.4 cm³/mol. The monoisotopic (exact) mass is 205 g/mol. The van der Waals surface area contributed by atoms with Gasteiger partial charge in [-0.05, 0) is 20.0 Å². The fourth-order valence-corrected chi connectivity index (χ4v) is 1.93. The Balaban J connectivity index is 0.00000121. The van der Waals surface area contributed by atoms with Crippen molar-refractivity contribution in [3.8, 4) is 0 Å². The van der Waals surface area contributed by atoms with Crippen LogP contribution in [0, 0.1) is 18.8 Å². The summed E-state index contributed by atoms with van der Waals surface area (Å²) in [5.74, 6) is 1.69. The largest absolute Gasteiger partial charge is 0.340 e. The Morgan fingerprint density at radius 2 is 1.67 bits per heavy atom. The van der Waals surface area contributed by atoms with Gasteiger partial charge in [-0.15, -0.1) is 0 Å². The molecule has 0 N–H and O–H groups in total. The van der Waals surface area contributed by atoms with Crippen molar-refractivity contribution in [1.29, 1.82) is 0 Å². The molecule has 71 valence electrons. The maximum atomic E-state index is 4.10. The number of rotatable bonds is 2. The van der Waals surface area contributed by atoms with Gasteiger partial charge in [-0.3, -0.25) is 0 Å². The van der Waals surface area contributed by atoms with Crippen LogP contribution in [0.15, 0.2) is 0 Å². The second-order valence-corrected chi connectivity index (χ2v) is 4.15. The van der Waals surface area contributed by atoms with E-state index in [4.69, 9.17) is 0 Å². The minimum Gasteiger partial charge on any atom is -0.340 e. The molecule has 0 aromatic carbocycles. The van der Waals surface area contributed by atoms with Crippen molar-refractivity contribution in [1.82, 2.24) is 4.90 Å². The molecule has 0 spiro atoms. The van der Waals surface area contributed by atoms with Gasteiger partial charge in [0.1, 0.15) is 0 Å². The van der Waals surface area contributed by atoms with Crippen molar-refractivity contribution in [3.63, 3.8) is 0 Å². The first-order valence-electron chi connectivity index (χ1n) is 4.66. The van der Waals surface area contributed by atoms with Crippen LogP contribution in [0.2, 0.25) is 0 Å². The zero-order valence-electron chi connectivity index (χ0n) is 8.29. The quantitative estimate of drug-likeness (QED) is 0.624. The Kier molecular flexibility index (Phi) is 6.34. The van der Waals surface area contributed by atoms with Crippen LogP contribution in [0.5, 0.6) is 0 Å². The topological polar surface area (TPSA) is 3.24 Å². The molecule has 12 heavy (non-hydrogen) atoms. The van der Waals surface area contributed by atoms with E-state index in [-0.39, 0.29) is 18.6 Å². The molecule has 1 saturated carbocycles. The molecule has 1 rings (SSSR count). The molecule has 1 radical (unpaired) electrons. The summed E-state index contributed by atoms with van der Waals surface area (Å²) in [5, 5.41) is 0. The van der Waals surface area contributed by atoms with Crippen molar-refractivity contribution in [2.24, 2.45) is 11.8 Å². The van der Waals surface area contributed by atoms with Crippen LogP contribution in [0.25, 0.3) is 0 Å². The van der Waals surface area contributed by atoms with E-state index in [1.807, 2.05) is 0 Å². The molecule has 1 aliphatic carbocycles. The minimum absolute atomic E-state index is 0. The third-order valence-electron chi connectivity index (χ3n) is 2.59. The Labute approximate surface area is 88.8 Å². The molecule has 0 aromatic rings. The van der Waals surface area contributed by atoms with Gasteiger partial charge in [-0.2, -0.15) is 5.92 Å². The molecular formula is C10H20NV-. The molecule has 0 heterocycles. The summed E-state index contributed by atoms with van der Waals surface area (Å²) in [7, 11) is 4.33. The minimum atomic E-state index is 0. The van der Waals surface area contributed by atoms with Crippen LogP contribution < -0.4 is 0 Å². The molecule has 1 fully saturated rings. The normalized spacial score (nSPS) is 30.0. The van der Waals surface area contributed by atoms with Gasteiger partial charge in [-0.1, -0.05) is 25.7 Å². The smallest absolute Gasteiger partial charge is 0.000353 e. The van der Waals surface area contributed by atoms with Crippen molar-refractivity contribution < 1.29 is 18.6 Å². The Morgan fingerprint density at radius 1 is 1.17 bits per heavy atom. The molecule has 0 atom stereocenters. The van der Waals surface area contributed by atoms with E-state index in [9.17, 15) is 0 Å². The van der Waals surface area contributed by atoms with Gasteiger partial charge in [0.2, 0.25) is 0 Å². The molecule has 0 aliphatic heterocycles. The van der Waals surface area contributed by atoms with E-state index in [1.54, 1.807) is 0 Å². The predicted octanol–water partition coefficient (Wildman–Crippen LogP) is 2.19. The first kappa shape index (κ1) is 12.5. The molecule has 2 heteroatoms. The van der Waals surface area contributed by atoms with Crippen molar-refractivity contribution in [3.05, 3.63) is 6.92 Å². The van der Waals surface area contributed by atoms with E-state index in [2.05, 4.69) is 25.9 Å². The molecular weight excluding hydrogens is 185 g/mol. The molecule has 0 aromatic heterocycles. The Morgan fingerprint density at radius 3 is 2.08 bits per heavy atom. The maximum absolute atomic E-state index is 4.10. The molecule has 0 bridgehead atoms. The zero-order chi connectivity index (χ0) is 8.27. The Bertz CT molecular complexity index is 106. The van der Waals surface area contributed by atoms with Crippen LogP contribution in [0.3, 0.4) is 0 Å². The van der Waals surface area contributed by atoms with Crippen molar-refractivity contribution in [2.45, 2.75) is 25.7 Å². The first-order valence-corrected chi connectivity index (χ1v) is 4.66. The summed E-state index contributed by atoms with van der Waals surface area (Å²) in [4.78, 5) is 2.30. The van der Waals surface area contributed by atoms with Crippen LogP contribution in [-0.2, 0) is 18.6 Å². The second-order valence-electron chi connectivity index (χ2n) is 4.15. The van der Waals surface area contributed by atoms with Crippen molar-refractivity contribution >= 4 is 0 Å². The van der Waals surface area contributed by atoms with Crippen LogP contribution >= 0.6 is 0 Å². The van der Waals surface area contributed by atoms with Crippen LogP contribution in [0.4, 0.5) is 0 Å². The van der Waals surface area contributed by atoms with Gasteiger partial charge in [0.15, 0.2) is 0 Å². The summed E-state index contributed by atoms with van der Waals surface area (Å²) in [6.07, 6.45) is 5.48. The number of nitrogens with zero attached hydrogens (tertiary/aromatic N) is 1. The fourth-order valence-electron chi connectivity index (χ4n) is 1.93. The van der Waals surface area contributed by atoms with Gasteiger partial charge in [0.05, 0.1) is 0 Å². The van der Waals surface area contributed by atoms with E-state index in [0.717, 1.165) is 11.8 Å². The van der Waals surface area contributed by atoms with Crippen LogP contribution in [0.1, 0.15) is 25.7 Å². The standard InChI is InChI=1S/C10H20N.V/c1-9-4-6-10(7-5-9)8-11(2)3;/h9-10H,1,4-8H2,2-3H3;/q-1;. The first-order chi connectivity index (χ1) is 5.18. The van der Waals surface area contributed by atoms with Crippen LogP contribution in [-0.4, -0.2) is 25.5 Å². The van der Waals surface area contributed by atoms with E-state index < -0.39 is 0 Å². The second kappa shape index (κ2) is 6.07. The average molecular weight is 205 g/mol. The molecule has 1 nitrogen and oxygen atoms in total. The summed E-state index contributed by atoms with van der Waals surface area (Å²) in [5.41, 5.74) is 0.